The minimum atomic E-state index is -5.11. The Morgan fingerprint density at radius 2 is 1.66 bits per heavy atom. The normalized spacial score (nSPS) is 18.8. The van der Waals surface area contributed by atoms with Gasteiger partial charge < -0.3 is 14.6 Å². The lowest BCUT2D eigenvalue weighted by molar-refractivity contribution is -0.143. The number of alkyl halides is 6. The highest BCUT2D eigenvalue weighted by atomic mass is 35.5. The van der Waals surface area contributed by atoms with E-state index in [2.05, 4.69) is 5.32 Å². The molecule has 1 spiro atoms. The van der Waals surface area contributed by atoms with Crippen LogP contribution in [0, 0.1) is 0 Å². The zero-order valence-corrected chi connectivity index (χ0v) is 20.4. The monoisotopic (exact) mass is 559 g/mol. The molecule has 0 saturated carbocycles. The van der Waals surface area contributed by atoms with Gasteiger partial charge in [-0.25, -0.2) is 0 Å². The fourth-order valence-electron chi connectivity index (χ4n) is 4.90. The van der Waals surface area contributed by atoms with Crippen LogP contribution in [0.3, 0.4) is 0 Å². The minimum Gasteiger partial charge on any atom is -0.497 e. The quantitative estimate of drug-likeness (QED) is 0.308. The van der Waals surface area contributed by atoms with Crippen LogP contribution in [0.1, 0.15) is 40.0 Å². The number of likely N-dealkylation sites (tertiary alicyclic amines) is 1. The summed E-state index contributed by atoms with van der Waals surface area (Å²) >= 11 is 0. The van der Waals surface area contributed by atoms with Crippen LogP contribution in [0.4, 0.5) is 32.0 Å². The van der Waals surface area contributed by atoms with E-state index < -0.39 is 46.4 Å². The number of rotatable bonds is 2. The van der Waals surface area contributed by atoms with Gasteiger partial charge in [0.15, 0.2) is 0 Å². The summed E-state index contributed by atoms with van der Waals surface area (Å²) in [6.45, 7) is -0.216. The number of aromatic nitrogens is 1. The number of hydrogen-bond donors (Lipinski definition) is 1. The molecular formula is C25H20ClF6N3O3. The molecule has 3 aromatic rings. The lowest BCUT2D eigenvalue weighted by Crippen LogP contribution is -2.53. The number of nitrogens with one attached hydrogen (secondary N) is 1. The van der Waals surface area contributed by atoms with Crippen molar-refractivity contribution in [3.8, 4) is 11.4 Å². The van der Waals surface area contributed by atoms with E-state index in [1.54, 1.807) is 18.2 Å². The van der Waals surface area contributed by atoms with E-state index in [0.717, 1.165) is 11.4 Å². The van der Waals surface area contributed by atoms with Gasteiger partial charge in [-0.15, -0.1) is 12.4 Å². The average Bonchev–Trinajstić information content (AvgIpc) is 3.33. The number of carbonyl (C=O) groups excluding carboxylic acids is 2. The first-order valence-electron chi connectivity index (χ1n) is 11.1. The maximum atomic E-state index is 13.3. The summed E-state index contributed by atoms with van der Waals surface area (Å²) in [6, 6.07) is 9.58. The Morgan fingerprint density at radius 3 is 2.24 bits per heavy atom. The number of ether oxygens (including phenoxy) is 1. The number of halogens is 7. The third kappa shape index (κ3) is 4.57. The highest BCUT2D eigenvalue weighted by Gasteiger charge is 2.47. The van der Waals surface area contributed by atoms with E-state index in [4.69, 9.17) is 4.74 Å². The first-order chi connectivity index (χ1) is 17.3. The van der Waals surface area contributed by atoms with Gasteiger partial charge in [0, 0.05) is 30.1 Å². The Labute approximate surface area is 218 Å². The summed E-state index contributed by atoms with van der Waals surface area (Å²) in [5.74, 6) is -1.38. The van der Waals surface area contributed by atoms with Gasteiger partial charge in [-0.1, -0.05) is 0 Å². The molecule has 0 aliphatic carbocycles. The molecule has 3 heterocycles. The SMILES string of the molecule is COc1ccc2c(c1)NC1(CCN(C(=O)c3cc(C(F)(F)F)cc(C(F)(F)F)c3)C(=O)C1)c1cccn1-2.Cl. The van der Waals surface area contributed by atoms with Gasteiger partial charge in [-0.05, 0) is 48.9 Å². The first-order valence-corrected chi connectivity index (χ1v) is 11.1. The fourth-order valence-corrected chi connectivity index (χ4v) is 4.90. The highest BCUT2D eigenvalue weighted by molar-refractivity contribution is 6.05. The van der Waals surface area contributed by atoms with Gasteiger partial charge in [0.05, 0.1) is 41.6 Å². The van der Waals surface area contributed by atoms with Crippen LogP contribution < -0.4 is 10.1 Å². The van der Waals surface area contributed by atoms with E-state index in [1.165, 1.54) is 7.11 Å². The smallest absolute Gasteiger partial charge is 0.416 e. The second-order valence-electron chi connectivity index (χ2n) is 8.93. The van der Waals surface area contributed by atoms with Crippen molar-refractivity contribution in [1.29, 1.82) is 0 Å². The summed E-state index contributed by atoms with van der Waals surface area (Å²) in [6.07, 6.45) is -8.48. The lowest BCUT2D eigenvalue weighted by atomic mass is 9.81. The Morgan fingerprint density at radius 1 is 1.00 bits per heavy atom. The number of imide groups is 1. The fraction of sp³-hybridized carbons (Fsp3) is 0.280. The Balaban J connectivity index is 0.00000336. The largest absolute Gasteiger partial charge is 0.497 e. The molecule has 2 aliphatic heterocycles. The lowest BCUT2D eigenvalue weighted by Gasteiger charge is -2.45. The van der Waals surface area contributed by atoms with Gasteiger partial charge >= 0.3 is 12.4 Å². The second kappa shape index (κ2) is 9.26. The van der Waals surface area contributed by atoms with Gasteiger partial charge in [-0.2, -0.15) is 26.3 Å². The molecule has 1 atom stereocenters. The molecule has 1 saturated heterocycles. The molecule has 0 bridgehead atoms. The number of hydrogen-bond acceptors (Lipinski definition) is 4. The van der Waals surface area contributed by atoms with Crippen LogP contribution in [0.15, 0.2) is 54.7 Å². The molecule has 5 rings (SSSR count). The van der Waals surface area contributed by atoms with Gasteiger partial charge in [0.25, 0.3) is 5.91 Å². The number of methoxy groups -OCH3 is 1. The van der Waals surface area contributed by atoms with Crippen LogP contribution in [-0.2, 0) is 22.7 Å². The Kier molecular flexibility index (Phi) is 6.67. The van der Waals surface area contributed by atoms with Crippen molar-refractivity contribution >= 4 is 29.9 Å². The van der Waals surface area contributed by atoms with Crippen molar-refractivity contribution in [3.05, 3.63) is 77.1 Å². The van der Waals surface area contributed by atoms with E-state index >= 15 is 0 Å². The predicted octanol–water partition coefficient (Wildman–Crippen LogP) is 6.03. The number of nitrogens with zero attached hydrogens (tertiary/aromatic N) is 2. The van der Waals surface area contributed by atoms with Crippen LogP contribution in [0.25, 0.3) is 5.69 Å². The topological polar surface area (TPSA) is 63.6 Å². The van der Waals surface area contributed by atoms with Crippen molar-refractivity contribution in [1.82, 2.24) is 9.47 Å². The minimum absolute atomic E-state index is 0. The maximum absolute atomic E-state index is 13.3. The summed E-state index contributed by atoms with van der Waals surface area (Å²) < 4.78 is 86.8. The van der Waals surface area contributed by atoms with Crippen molar-refractivity contribution in [2.24, 2.45) is 0 Å². The standard InChI is InChI=1S/C25H19F6N3O3.ClH/c1-37-17-4-5-19-18(12-17)32-23(20-3-2-7-33(19)20)6-8-34(21(35)13-23)22(36)14-9-15(24(26,27)28)11-16(10-14)25(29,30)31;/h2-5,7,9-12,32H,6,8,13H2,1H3;1H. The number of benzene rings is 2. The number of fused-ring (bicyclic) bond motifs is 4. The van der Waals surface area contributed by atoms with Crippen LogP contribution in [0.2, 0.25) is 0 Å². The summed E-state index contributed by atoms with van der Waals surface area (Å²) in [5.41, 5.74) is -2.83. The molecule has 2 aromatic carbocycles. The summed E-state index contributed by atoms with van der Waals surface area (Å²) in [5, 5.41) is 3.36. The third-order valence-corrected chi connectivity index (χ3v) is 6.67. The Hall–Kier alpha value is -3.67. The third-order valence-electron chi connectivity index (χ3n) is 6.67. The number of piperidine rings is 1. The van der Waals surface area contributed by atoms with Crippen molar-refractivity contribution in [2.75, 3.05) is 19.0 Å². The molecule has 1 N–H and O–H groups in total. The molecule has 6 nitrogen and oxygen atoms in total. The Bertz CT molecular complexity index is 1390. The summed E-state index contributed by atoms with van der Waals surface area (Å²) in [7, 11) is 1.51. The molecule has 13 heteroatoms. The second-order valence-corrected chi connectivity index (χ2v) is 8.93. The van der Waals surface area contributed by atoms with Crippen LogP contribution in [-0.4, -0.2) is 34.9 Å². The van der Waals surface area contributed by atoms with Crippen molar-refractivity contribution in [2.45, 2.75) is 30.7 Å². The van der Waals surface area contributed by atoms with Crippen LogP contribution in [0.5, 0.6) is 5.75 Å². The van der Waals surface area contributed by atoms with E-state index in [9.17, 15) is 35.9 Å². The van der Waals surface area contributed by atoms with Gasteiger partial charge in [0.1, 0.15) is 5.75 Å². The van der Waals surface area contributed by atoms with Crippen LogP contribution >= 0.6 is 12.4 Å². The van der Waals surface area contributed by atoms with Gasteiger partial charge in [-0.3, -0.25) is 14.5 Å². The molecule has 2 aliphatic rings. The van der Waals surface area contributed by atoms with E-state index in [1.807, 2.05) is 22.9 Å². The zero-order chi connectivity index (χ0) is 26.8. The number of carbonyl (C=O) groups is 2. The highest BCUT2D eigenvalue weighted by Crippen LogP contribution is 2.45. The first kappa shape index (κ1) is 27.4. The molecule has 0 radical (unpaired) electrons. The molecule has 1 unspecified atom stereocenters. The average molecular weight is 560 g/mol. The summed E-state index contributed by atoms with van der Waals surface area (Å²) in [4.78, 5) is 27.0. The molecule has 1 fully saturated rings. The number of anilines is 1. The molecule has 1 aromatic heterocycles. The maximum Gasteiger partial charge on any atom is 0.416 e. The molecular weight excluding hydrogens is 540 g/mol. The zero-order valence-electron chi connectivity index (χ0n) is 19.6. The molecule has 202 valence electrons. The van der Waals surface area contributed by atoms with Crippen molar-refractivity contribution in [3.63, 3.8) is 0 Å². The van der Waals surface area contributed by atoms with Crippen molar-refractivity contribution < 1.29 is 40.7 Å². The van der Waals surface area contributed by atoms with E-state index in [0.29, 0.717) is 28.5 Å². The van der Waals surface area contributed by atoms with Gasteiger partial charge in [0.2, 0.25) is 5.91 Å². The number of amides is 2. The van der Waals surface area contributed by atoms with E-state index in [-0.39, 0.29) is 37.9 Å². The molecule has 2 amide bonds. The molecule has 38 heavy (non-hydrogen) atoms. The predicted molar refractivity (Wildman–Crippen MR) is 127 cm³/mol.